The van der Waals surface area contributed by atoms with Gasteiger partial charge in [-0.2, -0.15) is 17.9 Å². The first kappa shape index (κ1) is 23.8. The fourth-order valence-corrected chi connectivity index (χ4v) is 4.67. The average Bonchev–Trinajstić information content (AvgIpc) is 3.36. The summed E-state index contributed by atoms with van der Waals surface area (Å²) in [5.41, 5.74) is 3.10. The fourth-order valence-electron chi connectivity index (χ4n) is 4.67. The minimum Gasteiger partial charge on any atom is -0.493 e. The number of tetrazole rings is 1. The summed E-state index contributed by atoms with van der Waals surface area (Å²) in [6.07, 6.45) is -3.63. The maximum Gasteiger partial charge on any atom is 0.416 e. The molecule has 10 heteroatoms. The third kappa shape index (κ3) is 4.51. The number of hydrogen-bond donors (Lipinski definition) is 0. The van der Waals surface area contributed by atoms with Gasteiger partial charge in [-0.05, 0) is 69.9 Å². The van der Waals surface area contributed by atoms with Crippen molar-refractivity contribution in [2.24, 2.45) is 0 Å². The molecule has 0 amide bonds. The number of rotatable bonds is 6. The molecule has 1 aliphatic rings. The smallest absolute Gasteiger partial charge is 0.416 e. The number of nitrogens with zero attached hydrogens (tertiary/aromatic N) is 5. The molecule has 7 nitrogen and oxygen atoms in total. The number of alkyl halides is 3. The van der Waals surface area contributed by atoms with Crippen molar-refractivity contribution in [1.82, 2.24) is 25.1 Å². The van der Waals surface area contributed by atoms with Gasteiger partial charge in [0.2, 0.25) is 0 Å². The number of halogens is 3. The van der Waals surface area contributed by atoms with E-state index in [4.69, 9.17) is 9.47 Å². The predicted molar refractivity (Wildman–Crippen MR) is 126 cm³/mol. The molecule has 0 bridgehead atoms. The number of fused-ring (bicyclic) bond motifs is 1. The summed E-state index contributed by atoms with van der Waals surface area (Å²) in [5, 5.41) is 12.0. The van der Waals surface area contributed by atoms with Crippen LogP contribution in [0.15, 0.2) is 66.7 Å². The van der Waals surface area contributed by atoms with Gasteiger partial charge in [0.15, 0.2) is 17.3 Å². The first-order chi connectivity index (χ1) is 17.4. The molecule has 0 aliphatic carbocycles. The van der Waals surface area contributed by atoms with Gasteiger partial charge in [-0.25, -0.2) is 0 Å². The van der Waals surface area contributed by atoms with Gasteiger partial charge in [0.05, 0.1) is 38.1 Å². The van der Waals surface area contributed by atoms with Crippen molar-refractivity contribution in [2.45, 2.75) is 25.2 Å². The van der Waals surface area contributed by atoms with E-state index in [1.54, 1.807) is 14.2 Å². The molecule has 0 saturated carbocycles. The zero-order valence-electron chi connectivity index (χ0n) is 19.7. The third-order valence-electron chi connectivity index (χ3n) is 6.41. The summed E-state index contributed by atoms with van der Waals surface area (Å²) >= 11 is 0. The van der Waals surface area contributed by atoms with E-state index >= 15 is 0 Å². The lowest BCUT2D eigenvalue weighted by Crippen LogP contribution is -2.36. The summed E-state index contributed by atoms with van der Waals surface area (Å²) in [4.78, 5) is 2.26. The van der Waals surface area contributed by atoms with Gasteiger partial charge in [0.25, 0.3) is 0 Å². The van der Waals surface area contributed by atoms with Crippen LogP contribution >= 0.6 is 0 Å². The molecule has 4 aromatic rings. The topological polar surface area (TPSA) is 65.3 Å². The summed E-state index contributed by atoms with van der Waals surface area (Å²) in [6, 6.07) is 18.8. The van der Waals surface area contributed by atoms with Crippen LogP contribution in [-0.2, 0) is 19.1 Å². The Morgan fingerprint density at radius 2 is 1.64 bits per heavy atom. The quantitative estimate of drug-likeness (QED) is 0.381. The Kier molecular flexibility index (Phi) is 6.36. The van der Waals surface area contributed by atoms with Crippen molar-refractivity contribution in [2.75, 3.05) is 20.8 Å². The Balaban J connectivity index is 1.51. The van der Waals surface area contributed by atoms with Crippen LogP contribution in [0.2, 0.25) is 0 Å². The van der Waals surface area contributed by atoms with Crippen LogP contribution in [0.25, 0.3) is 5.69 Å². The Hall–Kier alpha value is -3.92. The van der Waals surface area contributed by atoms with Crippen LogP contribution in [0, 0.1) is 0 Å². The summed E-state index contributed by atoms with van der Waals surface area (Å²) < 4.78 is 51.6. The predicted octanol–water partition coefficient (Wildman–Crippen LogP) is 4.85. The van der Waals surface area contributed by atoms with E-state index in [1.165, 1.54) is 22.4 Å². The molecule has 0 N–H and O–H groups in total. The summed E-state index contributed by atoms with van der Waals surface area (Å²) in [6.45, 7) is 1.11. The molecule has 0 spiro atoms. The van der Waals surface area contributed by atoms with Gasteiger partial charge in [0, 0.05) is 6.54 Å². The van der Waals surface area contributed by atoms with Gasteiger partial charge >= 0.3 is 6.18 Å². The van der Waals surface area contributed by atoms with E-state index < -0.39 is 11.7 Å². The van der Waals surface area contributed by atoms with E-state index in [2.05, 4.69) is 32.6 Å². The molecule has 2 heterocycles. The summed E-state index contributed by atoms with van der Waals surface area (Å²) in [5.74, 6) is 1.86. The highest BCUT2D eigenvalue weighted by Gasteiger charge is 2.32. The first-order valence-corrected chi connectivity index (χ1v) is 11.4. The second-order valence-corrected chi connectivity index (χ2v) is 8.49. The lowest BCUT2D eigenvalue weighted by molar-refractivity contribution is -0.137. The van der Waals surface area contributed by atoms with Crippen LogP contribution in [0.5, 0.6) is 11.5 Å². The van der Waals surface area contributed by atoms with Crippen molar-refractivity contribution in [3.63, 3.8) is 0 Å². The van der Waals surface area contributed by atoms with Crippen LogP contribution < -0.4 is 9.47 Å². The number of hydrogen-bond acceptors (Lipinski definition) is 6. The average molecular weight is 496 g/mol. The van der Waals surface area contributed by atoms with Gasteiger partial charge in [-0.3, -0.25) is 4.90 Å². The maximum absolute atomic E-state index is 13.0. The van der Waals surface area contributed by atoms with Crippen molar-refractivity contribution in [1.29, 1.82) is 0 Å². The summed E-state index contributed by atoms with van der Waals surface area (Å²) in [7, 11) is 3.23. The highest BCUT2D eigenvalue weighted by Crippen LogP contribution is 2.41. The Morgan fingerprint density at radius 3 is 2.31 bits per heavy atom. The first-order valence-electron chi connectivity index (χ1n) is 11.4. The van der Waals surface area contributed by atoms with Crippen LogP contribution in [0.1, 0.15) is 34.1 Å². The van der Waals surface area contributed by atoms with E-state index in [9.17, 15) is 13.2 Å². The molecule has 5 rings (SSSR count). The molecular weight excluding hydrogens is 471 g/mol. The van der Waals surface area contributed by atoms with Crippen molar-refractivity contribution >= 4 is 0 Å². The molecule has 0 fully saturated rings. The number of aromatic nitrogens is 4. The zero-order valence-corrected chi connectivity index (χ0v) is 19.7. The third-order valence-corrected chi connectivity index (χ3v) is 6.41. The molecule has 0 saturated heterocycles. The van der Waals surface area contributed by atoms with Gasteiger partial charge in [-0.15, -0.1) is 5.10 Å². The minimum atomic E-state index is -4.41. The molecule has 1 aromatic heterocycles. The lowest BCUT2D eigenvalue weighted by atomic mass is 9.87. The zero-order chi connectivity index (χ0) is 25.3. The molecule has 186 valence electrons. The largest absolute Gasteiger partial charge is 0.493 e. The second-order valence-electron chi connectivity index (χ2n) is 8.49. The van der Waals surface area contributed by atoms with Crippen molar-refractivity contribution in [3.05, 3.63) is 94.8 Å². The Labute approximate surface area is 206 Å². The monoisotopic (exact) mass is 495 g/mol. The van der Waals surface area contributed by atoms with Gasteiger partial charge in [0.1, 0.15) is 0 Å². The maximum atomic E-state index is 13.0. The van der Waals surface area contributed by atoms with Crippen LogP contribution in [0.4, 0.5) is 13.2 Å². The van der Waals surface area contributed by atoms with Gasteiger partial charge < -0.3 is 9.47 Å². The fraction of sp³-hybridized carbons (Fsp3) is 0.269. The van der Waals surface area contributed by atoms with E-state index in [-0.39, 0.29) is 6.04 Å². The highest BCUT2D eigenvalue weighted by molar-refractivity contribution is 5.51. The van der Waals surface area contributed by atoms with E-state index in [0.29, 0.717) is 29.6 Å². The lowest BCUT2D eigenvalue weighted by Gasteiger charge is -2.37. The Bertz CT molecular complexity index is 1340. The second kappa shape index (κ2) is 9.62. The number of methoxy groups -OCH3 is 2. The molecule has 1 aliphatic heterocycles. The normalized spacial score (nSPS) is 16.0. The van der Waals surface area contributed by atoms with Gasteiger partial charge in [-0.1, -0.05) is 30.3 Å². The van der Waals surface area contributed by atoms with Crippen molar-refractivity contribution < 1.29 is 22.6 Å². The molecule has 1 unspecified atom stereocenters. The SMILES string of the molecule is COc1cc2c(cc1OC)C(c1ccccc1)N(Cc1nnnn1-c1ccc(C(F)(F)F)cc1)CC2. The highest BCUT2D eigenvalue weighted by atomic mass is 19.4. The Morgan fingerprint density at radius 1 is 0.944 bits per heavy atom. The van der Waals surface area contributed by atoms with Crippen molar-refractivity contribution in [3.8, 4) is 17.2 Å². The molecule has 3 aromatic carbocycles. The molecule has 0 radical (unpaired) electrons. The van der Waals surface area contributed by atoms with Crippen LogP contribution in [-0.4, -0.2) is 45.9 Å². The molecule has 1 atom stereocenters. The van der Waals surface area contributed by atoms with E-state index in [0.717, 1.165) is 36.2 Å². The molecule has 36 heavy (non-hydrogen) atoms. The number of benzene rings is 3. The standard InChI is InChI=1S/C26H24F3N5O2/c1-35-22-14-18-12-13-33(25(17-6-4-3-5-7-17)21(18)15-23(22)36-2)16-24-30-31-32-34(24)20-10-8-19(9-11-20)26(27,28)29/h3-11,14-15,25H,12-13,16H2,1-2H3. The number of ether oxygens (including phenoxy) is 2. The van der Waals surface area contributed by atoms with Crippen LogP contribution in [0.3, 0.4) is 0 Å². The van der Waals surface area contributed by atoms with E-state index in [1.807, 2.05) is 30.3 Å². The minimum absolute atomic E-state index is 0.104. The molecular formula is C26H24F3N5O2.